The Balaban J connectivity index is 1.86. The van der Waals surface area contributed by atoms with Gasteiger partial charge in [-0.15, -0.1) is 5.10 Å². The van der Waals surface area contributed by atoms with Crippen LogP contribution in [0.3, 0.4) is 0 Å². The maximum Gasteiger partial charge on any atom is 0.316 e. The van der Waals surface area contributed by atoms with Gasteiger partial charge in [0.25, 0.3) is 0 Å². The molecule has 0 spiro atoms. The van der Waals surface area contributed by atoms with Gasteiger partial charge >= 0.3 is 6.01 Å². The molecule has 0 aliphatic heterocycles. The summed E-state index contributed by atoms with van der Waals surface area (Å²) in [6, 6.07) is 0.883. The van der Waals surface area contributed by atoms with E-state index in [2.05, 4.69) is 25.0 Å². The minimum absolute atomic E-state index is 0.413. The Morgan fingerprint density at radius 3 is 2.90 bits per heavy atom. The fourth-order valence-electron chi connectivity index (χ4n) is 3.27. The molecule has 0 atom stereocenters. The molecule has 0 saturated heterocycles. The largest absolute Gasteiger partial charge is 0.467 e. The van der Waals surface area contributed by atoms with Crippen molar-refractivity contribution in [1.29, 1.82) is 0 Å². The Morgan fingerprint density at radius 2 is 2.10 bits per heavy atom. The predicted molar refractivity (Wildman–Crippen MR) is 72.5 cm³/mol. The van der Waals surface area contributed by atoms with Crippen molar-refractivity contribution in [2.24, 2.45) is 0 Å². The van der Waals surface area contributed by atoms with E-state index in [1.165, 1.54) is 31.2 Å². The number of aromatic nitrogens is 5. The number of methoxy groups -OCH3 is 1. The number of ether oxygens (including phenoxy) is 1. The van der Waals surface area contributed by atoms with Crippen molar-refractivity contribution in [2.75, 3.05) is 7.11 Å². The molecule has 2 aromatic heterocycles. The molecule has 0 bridgehead atoms. The number of fused-ring (bicyclic) bond motifs is 3. The minimum atomic E-state index is 0.413. The van der Waals surface area contributed by atoms with Crippen LogP contribution in [0.25, 0.3) is 11.4 Å². The fourth-order valence-corrected chi connectivity index (χ4v) is 3.27. The van der Waals surface area contributed by atoms with E-state index in [1.54, 1.807) is 7.11 Å². The van der Waals surface area contributed by atoms with E-state index in [4.69, 9.17) is 4.74 Å². The summed E-state index contributed by atoms with van der Waals surface area (Å²) in [4.78, 5) is 8.75. The second-order valence-electron chi connectivity index (χ2n) is 5.50. The lowest BCUT2D eigenvalue weighted by molar-refractivity contribution is 0.379. The van der Waals surface area contributed by atoms with Crippen molar-refractivity contribution in [3.63, 3.8) is 0 Å². The van der Waals surface area contributed by atoms with Crippen LogP contribution in [0, 0.1) is 0 Å². The Kier molecular flexibility index (Phi) is 2.68. The van der Waals surface area contributed by atoms with Crippen LogP contribution in [0.5, 0.6) is 6.01 Å². The maximum absolute atomic E-state index is 5.16. The highest BCUT2D eigenvalue weighted by molar-refractivity contribution is 5.64. The highest BCUT2D eigenvalue weighted by Crippen LogP contribution is 2.37. The molecule has 0 unspecified atom stereocenters. The Morgan fingerprint density at radius 1 is 1.25 bits per heavy atom. The minimum Gasteiger partial charge on any atom is -0.467 e. The topological polar surface area (TPSA) is 65.7 Å². The van der Waals surface area contributed by atoms with E-state index in [9.17, 15) is 0 Å². The van der Waals surface area contributed by atoms with E-state index in [0.29, 0.717) is 12.1 Å². The molecule has 0 aromatic carbocycles. The molecule has 2 aromatic rings. The normalized spacial score (nSPS) is 17.9. The summed E-state index contributed by atoms with van der Waals surface area (Å²) >= 11 is 0. The van der Waals surface area contributed by atoms with Crippen molar-refractivity contribution < 1.29 is 4.74 Å². The Hall–Kier alpha value is -1.98. The fraction of sp³-hybridized carbons (Fsp3) is 0.571. The lowest BCUT2D eigenvalue weighted by atomic mass is 9.97. The zero-order valence-electron chi connectivity index (χ0n) is 11.5. The molecule has 104 valence electrons. The monoisotopic (exact) mass is 271 g/mol. The van der Waals surface area contributed by atoms with Crippen LogP contribution in [0.4, 0.5) is 0 Å². The lowest BCUT2D eigenvalue weighted by Gasteiger charge is -2.18. The number of aryl methyl sites for hydroxylation is 2. The van der Waals surface area contributed by atoms with Gasteiger partial charge in [-0.2, -0.15) is 4.98 Å². The van der Waals surface area contributed by atoms with Gasteiger partial charge < -0.3 is 4.74 Å². The van der Waals surface area contributed by atoms with Crippen LogP contribution >= 0.6 is 0 Å². The van der Waals surface area contributed by atoms with Gasteiger partial charge in [-0.05, 0) is 31.2 Å². The summed E-state index contributed by atoms with van der Waals surface area (Å²) in [5.74, 6) is 0. The molecule has 0 radical (unpaired) electrons. The molecule has 2 aliphatic rings. The third-order valence-electron chi connectivity index (χ3n) is 4.32. The molecule has 4 rings (SSSR count). The van der Waals surface area contributed by atoms with Crippen LogP contribution in [-0.2, 0) is 12.8 Å². The molecule has 6 nitrogen and oxygen atoms in total. The highest BCUT2D eigenvalue weighted by atomic mass is 16.5. The van der Waals surface area contributed by atoms with Gasteiger partial charge in [0.1, 0.15) is 11.4 Å². The van der Waals surface area contributed by atoms with E-state index < -0.39 is 0 Å². The molecular formula is C14H17N5O. The van der Waals surface area contributed by atoms with Crippen LogP contribution < -0.4 is 4.74 Å². The molecule has 1 saturated carbocycles. The average Bonchev–Trinajstić information content (AvgIpc) is 3.15. The summed E-state index contributed by atoms with van der Waals surface area (Å²) < 4.78 is 7.25. The summed E-state index contributed by atoms with van der Waals surface area (Å²) in [6.45, 7) is 0. The SMILES string of the molecule is COc1ncc2c(n1)-c1c(nnn1C1CCCC1)CC2. The van der Waals surface area contributed by atoms with Crippen LogP contribution in [0.15, 0.2) is 6.20 Å². The molecule has 2 heterocycles. The van der Waals surface area contributed by atoms with E-state index >= 15 is 0 Å². The average molecular weight is 271 g/mol. The number of rotatable bonds is 2. The van der Waals surface area contributed by atoms with Crippen molar-refractivity contribution >= 4 is 0 Å². The van der Waals surface area contributed by atoms with Crippen LogP contribution in [0.2, 0.25) is 0 Å². The number of hydrogen-bond acceptors (Lipinski definition) is 5. The third kappa shape index (κ3) is 1.71. The zero-order chi connectivity index (χ0) is 13.5. The second kappa shape index (κ2) is 4.54. The first-order chi connectivity index (χ1) is 9.86. The first-order valence-corrected chi connectivity index (χ1v) is 7.21. The molecule has 20 heavy (non-hydrogen) atoms. The Bertz CT molecular complexity index is 645. The number of nitrogens with zero attached hydrogens (tertiary/aromatic N) is 5. The second-order valence-corrected chi connectivity index (χ2v) is 5.50. The van der Waals surface area contributed by atoms with E-state index in [1.807, 2.05) is 6.20 Å². The van der Waals surface area contributed by atoms with Crippen LogP contribution in [-0.4, -0.2) is 32.1 Å². The lowest BCUT2D eigenvalue weighted by Crippen LogP contribution is -2.14. The standard InChI is InChI=1S/C14H17N5O/c1-20-14-15-8-9-6-7-11-13(12(9)16-14)19(18-17-11)10-4-2-3-5-10/h8,10H,2-7H2,1H3. The van der Waals surface area contributed by atoms with Gasteiger partial charge in [0.05, 0.1) is 18.8 Å². The predicted octanol–water partition coefficient (Wildman–Crippen LogP) is 1.96. The number of hydrogen-bond donors (Lipinski definition) is 0. The highest BCUT2D eigenvalue weighted by Gasteiger charge is 2.29. The van der Waals surface area contributed by atoms with Gasteiger partial charge in [-0.3, -0.25) is 0 Å². The maximum atomic E-state index is 5.16. The zero-order valence-corrected chi connectivity index (χ0v) is 11.5. The summed E-state index contributed by atoms with van der Waals surface area (Å²) in [7, 11) is 1.60. The van der Waals surface area contributed by atoms with Crippen LogP contribution in [0.1, 0.15) is 43.0 Å². The first-order valence-electron chi connectivity index (χ1n) is 7.21. The first kappa shape index (κ1) is 11.8. The van der Waals surface area contributed by atoms with E-state index in [-0.39, 0.29) is 0 Å². The smallest absolute Gasteiger partial charge is 0.316 e. The van der Waals surface area contributed by atoms with Crippen molar-refractivity contribution in [2.45, 2.75) is 44.6 Å². The van der Waals surface area contributed by atoms with Crippen molar-refractivity contribution in [3.05, 3.63) is 17.5 Å². The molecular weight excluding hydrogens is 254 g/mol. The van der Waals surface area contributed by atoms with Gasteiger partial charge in [0, 0.05) is 6.20 Å². The van der Waals surface area contributed by atoms with Crippen molar-refractivity contribution in [3.8, 4) is 17.4 Å². The van der Waals surface area contributed by atoms with Gasteiger partial charge in [-0.1, -0.05) is 18.1 Å². The van der Waals surface area contributed by atoms with Gasteiger partial charge in [0.15, 0.2) is 0 Å². The molecule has 0 N–H and O–H groups in total. The summed E-state index contributed by atoms with van der Waals surface area (Å²) in [5.41, 5.74) is 4.26. The summed E-state index contributed by atoms with van der Waals surface area (Å²) in [6.07, 6.45) is 8.65. The summed E-state index contributed by atoms with van der Waals surface area (Å²) in [5, 5.41) is 8.77. The van der Waals surface area contributed by atoms with E-state index in [0.717, 1.165) is 29.9 Å². The quantitative estimate of drug-likeness (QED) is 0.835. The molecule has 2 aliphatic carbocycles. The van der Waals surface area contributed by atoms with Crippen molar-refractivity contribution in [1.82, 2.24) is 25.0 Å². The molecule has 1 fully saturated rings. The Labute approximate surface area is 117 Å². The van der Waals surface area contributed by atoms with Gasteiger partial charge in [0.2, 0.25) is 0 Å². The molecule has 6 heteroatoms. The van der Waals surface area contributed by atoms with Gasteiger partial charge in [-0.25, -0.2) is 9.67 Å². The third-order valence-corrected chi connectivity index (χ3v) is 4.32. The molecule has 0 amide bonds.